The second kappa shape index (κ2) is 6.36. The maximum absolute atomic E-state index is 11.6. The van der Waals surface area contributed by atoms with Crippen LogP contribution in [0.2, 0.25) is 0 Å². The van der Waals surface area contributed by atoms with Gasteiger partial charge in [-0.1, -0.05) is 52.6 Å². The van der Waals surface area contributed by atoms with E-state index in [9.17, 15) is 4.79 Å². The highest BCUT2D eigenvalue weighted by Crippen LogP contribution is 2.31. The number of nitrogens with one attached hydrogen (secondary N) is 1. The van der Waals surface area contributed by atoms with E-state index >= 15 is 0 Å². The molecule has 19 heavy (non-hydrogen) atoms. The number of halogens is 1. The quantitative estimate of drug-likeness (QED) is 0.509. The Labute approximate surface area is 129 Å². The third-order valence-corrected chi connectivity index (χ3v) is 3.91. The molecule has 1 saturated heterocycles. The lowest BCUT2D eigenvalue weighted by Gasteiger charge is -2.08. The SMILES string of the molecule is C=CCOc1ccc(Br)cc1/C=C1\SC(=S)NC1=O. The summed E-state index contributed by atoms with van der Waals surface area (Å²) in [4.78, 5) is 12.2. The van der Waals surface area contributed by atoms with Crippen molar-refractivity contribution in [2.75, 3.05) is 6.61 Å². The maximum Gasteiger partial charge on any atom is 0.263 e. The van der Waals surface area contributed by atoms with Crippen LogP contribution in [0.15, 0.2) is 40.2 Å². The highest BCUT2D eigenvalue weighted by atomic mass is 79.9. The lowest BCUT2D eigenvalue weighted by Crippen LogP contribution is -2.17. The molecule has 1 heterocycles. The topological polar surface area (TPSA) is 38.3 Å². The van der Waals surface area contributed by atoms with E-state index in [0.717, 1.165) is 10.0 Å². The van der Waals surface area contributed by atoms with E-state index in [2.05, 4.69) is 27.8 Å². The van der Waals surface area contributed by atoms with Gasteiger partial charge in [-0.05, 0) is 24.3 Å². The van der Waals surface area contributed by atoms with E-state index in [1.807, 2.05) is 18.2 Å². The number of carbonyl (C=O) groups is 1. The number of carbonyl (C=O) groups excluding carboxylic acids is 1. The standard InChI is InChI=1S/C13H10BrNO2S2/c1-2-5-17-10-4-3-9(14)6-8(10)7-11-12(16)15-13(18)19-11/h2-4,6-7H,1,5H2,(H,15,16,18)/b11-7-. The largest absolute Gasteiger partial charge is 0.489 e. The first kappa shape index (κ1) is 14.3. The lowest BCUT2D eigenvalue weighted by molar-refractivity contribution is -0.115. The van der Waals surface area contributed by atoms with E-state index in [1.54, 1.807) is 12.2 Å². The van der Waals surface area contributed by atoms with Gasteiger partial charge in [-0.15, -0.1) is 0 Å². The maximum atomic E-state index is 11.6. The summed E-state index contributed by atoms with van der Waals surface area (Å²) in [6, 6.07) is 5.61. The summed E-state index contributed by atoms with van der Waals surface area (Å²) in [5.41, 5.74) is 0.818. The molecule has 98 valence electrons. The van der Waals surface area contributed by atoms with Gasteiger partial charge < -0.3 is 10.1 Å². The Morgan fingerprint density at radius 2 is 2.32 bits per heavy atom. The molecular weight excluding hydrogens is 346 g/mol. The molecule has 1 aliphatic heterocycles. The van der Waals surface area contributed by atoms with E-state index in [-0.39, 0.29) is 5.91 Å². The molecule has 2 rings (SSSR count). The normalized spacial score (nSPS) is 16.6. The second-order valence-electron chi connectivity index (χ2n) is 3.63. The number of thioether (sulfide) groups is 1. The van der Waals surface area contributed by atoms with Crippen LogP contribution in [0.25, 0.3) is 6.08 Å². The summed E-state index contributed by atoms with van der Waals surface area (Å²) in [7, 11) is 0. The first-order valence-corrected chi connectivity index (χ1v) is 7.40. The third-order valence-electron chi connectivity index (χ3n) is 2.26. The van der Waals surface area contributed by atoms with Crippen LogP contribution in [-0.4, -0.2) is 16.8 Å². The summed E-state index contributed by atoms with van der Waals surface area (Å²) in [5, 5.41) is 2.58. The minimum Gasteiger partial charge on any atom is -0.489 e. The number of hydrogen-bond donors (Lipinski definition) is 1. The summed E-state index contributed by atoms with van der Waals surface area (Å²) in [6.07, 6.45) is 3.44. The fourth-order valence-corrected chi connectivity index (χ4v) is 2.89. The van der Waals surface area contributed by atoms with Crippen molar-refractivity contribution in [2.45, 2.75) is 0 Å². The minimum atomic E-state index is -0.176. The van der Waals surface area contributed by atoms with Crippen molar-refractivity contribution in [1.82, 2.24) is 5.32 Å². The van der Waals surface area contributed by atoms with Gasteiger partial charge in [0, 0.05) is 10.0 Å². The Morgan fingerprint density at radius 1 is 1.53 bits per heavy atom. The molecule has 1 aromatic rings. The van der Waals surface area contributed by atoms with Crippen LogP contribution in [0.5, 0.6) is 5.75 Å². The Balaban J connectivity index is 2.35. The van der Waals surface area contributed by atoms with Gasteiger partial charge in [0.05, 0.1) is 4.91 Å². The second-order valence-corrected chi connectivity index (χ2v) is 6.27. The van der Waals surface area contributed by atoms with Crippen molar-refractivity contribution in [1.29, 1.82) is 0 Å². The highest BCUT2D eigenvalue weighted by Gasteiger charge is 2.22. The minimum absolute atomic E-state index is 0.176. The molecule has 0 bridgehead atoms. The summed E-state index contributed by atoms with van der Waals surface area (Å²) >= 11 is 9.60. The predicted molar refractivity (Wildman–Crippen MR) is 86.1 cm³/mol. The summed E-state index contributed by atoms with van der Waals surface area (Å²) in [6.45, 7) is 4.03. The Bertz CT molecular complexity index is 584. The van der Waals surface area contributed by atoms with Gasteiger partial charge in [-0.3, -0.25) is 4.79 Å². The molecule has 1 fully saturated rings. The monoisotopic (exact) mass is 355 g/mol. The summed E-state index contributed by atoms with van der Waals surface area (Å²) in [5.74, 6) is 0.520. The molecule has 6 heteroatoms. The van der Waals surface area contributed by atoms with Crippen LogP contribution in [0.1, 0.15) is 5.56 Å². The fraction of sp³-hybridized carbons (Fsp3) is 0.0769. The van der Waals surface area contributed by atoms with Crippen molar-refractivity contribution in [3.63, 3.8) is 0 Å². The van der Waals surface area contributed by atoms with Crippen LogP contribution in [0.4, 0.5) is 0 Å². The zero-order valence-corrected chi connectivity index (χ0v) is 13.0. The average Bonchev–Trinajstić information content (AvgIpc) is 2.67. The van der Waals surface area contributed by atoms with Gasteiger partial charge in [-0.2, -0.15) is 0 Å². The molecule has 1 N–H and O–H groups in total. The van der Waals surface area contributed by atoms with E-state index in [1.165, 1.54) is 11.8 Å². The lowest BCUT2D eigenvalue weighted by atomic mass is 10.2. The molecule has 0 saturated carbocycles. The first-order chi connectivity index (χ1) is 9.10. The van der Waals surface area contributed by atoms with Crippen LogP contribution >= 0.6 is 39.9 Å². The number of amides is 1. The van der Waals surface area contributed by atoms with Gasteiger partial charge in [0.25, 0.3) is 5.91 Å². The van der Waals surface area contributed by atoms with Gasteiger partial charge >= 0.3 is 0 Å². The van der Waals surface area contributed by atoms with Crippen LogP contribution in [0.3, 0.4) is 0 Å². The van der Waals surface area contributed by atoms with Crippen LogP contribution < -0.4 is 10.1 Å². The molecule has 1 aromatic carbocycles. The van der Waals surface area contributed by atoms with Crippen LogP contribution in [-0.2, 0) is 4.79 Å². The average molecular weight is 356 g/mol. The number of ether oxygens (including phenoxy) is 1. The molecule has 0 spiro atoms. The molecule has 0 unspecified atom stereocenters. The summed E-state index contributed by atoms with van der Waals surface area (Å²) < 4.78 is 6.94. The van der Waals surface area contributed by atoms with Crippen molar-refractivity contribution in [3.8, 4) is 5.75 Å². The number of rotatable bonds is 4. The smallest absolute Gasteiger partial charge is 0.263 e. The van der Waals surface area contributed by atoms with E-state index in [0.29, 0.717) is 21.6 Å². The van der Waals surface area contributed by atoms with Gasteiger partial charge in [0.15, 0.2) is 0 Å². The Kier molecular flexibility index (Phi) is 4.79. The van der Waals surface area contributed by atoms with Crippen molar-refractivity contribution in [3.05, 3.63) is 45.8 Å². The molecule has 1 amide bonds. The van der Waals surface area contributed by atoms with Gasteiger partial charge in [-0.25, -0.2) is 0 Å². The fourth-order valence-electron chi connectivity index (χ4n) is 1.47. The molecule has 0 atom stereocenters. The Hall–Kier alpha value is -1.11. The molecule has 3 nitrogen and oxygen atoms in total. The molecule has 0 radical (unpaired) electrons. The van der Waals surface area contributed by atoms with Crippen molar-refractivity contribution in [2.24, 2.45) is 0 Å². The van der Waals surface area contributed by atoms with E-state index in [4.69, 9.17) is 17.0 Å². The van der Waals surface area contributed by atoms with Crippen molar-refractivity contribution < 1.29 is 9.53 Å². The molecule has 0 aliphatic carbocycles. The number of thiocarbonyl (C=S) groups is 1. The number of hydrogen-bond acceptors (Lipinski definition) is 4. The zero-order valence-electron chi connectivity index (χ0n) is 9.81. The van der Waals surface area contributed by atoms with E-state index < -0.39 is 0 Å². The van der Waals surface area contributed by atoms with Crippen LogP contribution in [0, 0.1) is 0 Å². The molecule has 1 aliphatic rings. The molecule has 0 aromatic heterocycles. The predicted octanol–water partition coefficient (Wildman–Crippen LogP) is 3.50. The van der Waals surface area contributed by atoms with Gasteiger partial charge in [0.2, 0.25) is 0 Å². The van der Waals surface area contributed by atoms with Gasteiger partial charge in [0.1, 0.15) is 16.7 Å². The highest BCUT2D eigenvalue weighted by molar-refractivity contribution is 9.10. The van der Waals surface area contributed by atoms with Crippen molar-refractivity contribution >= 4 is 56.2 Å². The Morgan fingerprint density at radius 3 is 2.95 bits per heavy atom. The zero-order chi connectivity index (χ0) is 13.8. The molecular formula is C13H10BrNO2S2. The first-order valence-electron chi connectivity index (χ1n) is 5.38. The number of benzene rings is 1. The third kappa shape index (κ3) is 3.68.